The smallest absolute Gasteiger partial charge is 0.338 e. The second kappa shape index (κ2) is 12.9. The van der Waals surface area contributed by atoms with Crippen molar-refractivity contribution < 1.29 is 43.1 Å². The van der Waals surface area contributed by atoms with Crippen molar-refractivity contribution in [2.45, 2.75) is 31.2 Å². The molecule has 1 fully saturated rings. The number of nitro groups is 2. The Morgan fingerprint density at radius 2 is 1.35 bits per heavy atom. The Balaban J connectivity index is 1.49. The van der Waals surface area contributed by atoms with Crippen molar-refractivity contribution in [2.24, 2.45) is 0 Å². The molecule has 0 spiro atoms. The van der Waals surface area contributed by atoms with Gasteiger partial charge in [-0.1, -0.05) is 30.3 Å². The maximum Gasteiger partial charge on any atom is 0.338 e. The largest absolute Gasteiger partial charge is 0.459 e. The first kappa shape index (κ1) is 28.3. The summed E-state index contributed by atoms with van der Waals surface area (Å²) < 4.78 is 28.4. The van der Waals surface area contributed by atoms with E-state index in [1.165, 1.54) is 55.6 Å². The van der Waals surface area contributed by atoms with Crippen LogP contribution in [0.5, 0.6) is 0 Å². The highest BCUT2D eigenvalue weighted by Gasteiger charge is 2.49. The maximum absolute atomic E-state index is 12.9. The highest BCUT2D eigenvalue weighted by atomic mass is 16.7. The first-order valence-corrected chi connectivity index (χ1v) is 12.0. The molecule has 0 N–H and O–H groups in total. The number of esters is 2. The number of nitro benzene ring substituents is 2. The molecule has 1 saturated heterocycles. The summed E-state index contributed by atoms with van der Waals surface area (Å²) >= 11 is 0. The van der Waals surface area contributed by atoms with Gasteiger partial charge in [0.05, 0.1) is 27.6 Å². The number of benzene rings is 3. The SMILES string of the molecule is COC1OC(COC(=O)c2ccc([N+](=O)[O-])cc2)C(OCc2ccccc2)C1OC(=O)c1ccc([N+](=O)[O-])cc1. The molecule has 0 aliphatic carbocycles. The van der Waals surface area contributed by atoms with E-state index in [9.17, 15) is 29.8 Å². The number of non-ortho nitro benzene ring substituents is 2. The summed E-state index contributed by atoms with van der Waals surface area (Å²) in [4.78, 5) is 46.1. The van der Waals surface area contributed by atoms with Gasteiger partial charge in [0.1, 0.15) is 18.8 Å². The fourth-order valence-electron chi connectivity index (χ4n) is 3.98. The fourth-order valence-corrected chi connectivity index (χ4v) is 3.98. The zero-order chi connectivity index (χ0) is 28.6. The molecule has 13 heteroatoms. The molecule has 3 aromatic rings. The Labute approximate surface area is 227 Å². The Kier molecular flexibility index (Phi) is 9.11. The van der Waals surface area contributed by atoms with Crippen LogP contribution in [-0.2, 0) is 30.3 Å². The van der Waals surface area contributed by atoms with E-state index in [4.69, 9.17) is 23.7 Å². The number of hydrogen-bond acceptors (Lipinski definition) is 11. The van der Waals surface area contributed by atoms with Crippen LogP contribution in [0.2, 0.25) is 0 Å². The van der Waals surface area contributed by atoms with Crippen LogP contribution in [0.15, 0.2) is 78.9 Å². The highest BCUT2D eigenvalue weighted by Crippen LogP contribution is 2.30. The number of nitrogens with zero attached hydrogens (tertiary/aromatic N) is 2. The third-order valence-corrected chi connectivity index (χ3v) is 6.03. The van der Waals surface area contributed by atoms with Gasteiger partial charge in [-0.25, -0.2) is 9.59 Å². The molecular weight excluding hydrogens is 528 g/mol. The van der Waals surface area contributed by atoms with Gasteiger partial charge in [-0.2, -0.15) is 0 Å². The molecule has 1 aliphatic rings. The standard InChI is InChI=1S/C27H24N2O11/c1-36-27-24(40-26(31)19-9-13-21(14-10-19)29(34)35)23(37-15-17-5-3-2-4-6-17)22(39-27)16-38-25(30)18-7-11-20(12-8-18)28(32)33/h2-14,22-24,27H,15-16H2,1H3. The minimum atomic E-state index is -1.08. The lowest BCUT2D eigenvalue weighted by atomic mass is 10.1. The van der Waals surface area contributed by atoms with Gasteiger partial charge in [0.2, 0.25) is 0 Å². The lowest BCUT2D eigenvalue weighted by Gasteiger charge is -2.24. The normalized spacial score (nSPS) is 20.0. The van der Waals surface area contributed by atoms with Crippen LogP contribution in [-0.4, -0.2) is 60.1 Å². The Morgan fingerprint density at radius 3 is 1.88 bits per heavy atom. The van der Waals surface area contributed by atoms with Gasteiger partial charge in [-0.05, 0) is 29.8 Å². The summed E-state index contributed by atoms with van der Waals surface area (Å²) in [6.07, 6.45) is -4.01. The minimum absolute atomic E-state index is 0.0651. The maximum atomic E-state index is 12.9. The minimum Gasteiger partial charge on any atom is -0.459 e. The van der Waals surface area contributed by atoms with Crippen LogP contribution in [0.3, 0.4) is 0 Å². The summed E-state index contributed by atoms with van der Waals surface area (Å²) in [5.74, 6) is -1.54. The summed E-state index contributed by atoms with van der Waals surface area (Å²) in [5.41, 5.74) is 0.621. The molecule has 1 aliphatic heterocycles. The summed E-state index contributed by atoms with van der Waals surface area (Å²) in [6, 6.07) is 19.0. The number of ether oxygens (including phenoxy) is 5. The van der Waals surface area contributed by atoms with Gasteiger partial charge in [0.25, 0.3) is 11.4 Å². The van der Waals surface area contributed by atoms with Gasteiger partial charge in [0.15, 0.2) is 12.4 Å². The van der Waals surface area contributed by atoms with Gasteiger partial charge >= 0.3 is 11.9 Å². The number of rotatable bonds is 11. The van der Waals surface area contributed by atoms with Crippen molar-refractivity contribution in [1.82, 2.24) is 0 Å². The summed E-state index contributed by atoms with van der Waals surface area (Å²) in [6.45, 7) is -0.190. The van der Waals surface area contributed by atoms with Crippen molar-refractivity contribution in [3.8, 4) is 0 Å². The van der Waals surface area contributed by atoms with E-state index in [1.54, 1.807) is 0 Å². The summed E-state index contributed by atoms with van der Waals surface area (Å²) in [7, 11) is 1.34. The van der Waals surface area contributed by atoms with E-state index >= 15 is 0 Å². The third-order valence-electron chi connectivity index (χ3n) is 6.03. The molecule has 13 nitrogen and oxygen atoms in total. The third kappa shape index (κ3) is 6.83. The molecule has 208 valence electrons. The van der Waals surface area contributed by atoms with E-state index in [0.717, 1.165) is 5.56 Å². The highest BCUT2D eigenvalue weighted by molar-refractivity contribution is 5.90. The van der Waals surface area contributed by atoms with Crippen LogP contribution in [0.4, 0.5) is 11.4 Å². The number of carbonyl (C=O) groups excluding carboxylic acids is 2. The molecule has 3 aromatic carbocycles. The molecule has 4 rings (SSSR count). The molecule has 0 radical (unpaired) electrons. The van der Waals surface area contributed by atoms with E-state index in [1.807, 2.05) is 30.3 Å². The number of hydrogen-bond donors (Lipinski definition) is 0. The molecule has 0 amide bonds. The van der Waals surface area contributed by atoms with Crippen molar-refractivity contribution in [2.75, 3.05) is 13.7 Å². The van der Waals surface area contributed by atoms with Crippen LogP contribution in [0.25, 0.3) is 0 Å². The van der Waals surface area contributed by atoms with Gasteiger partial charge in [0, 0.05) is 31.4 Å². The van der Waals surface area contributed by atoms with Gasteiger partial charge in [-0.3, -0.25) is 20.2 Å². The lowest BCUT2D eigenvalue weighted by Crippen LogP contribution is -2.41. The molecule has 40 heavy (non-hydrogen) atoms. The van der Waals surface area contributed by atoms with Crippen LogP contribution in [0.1, 0.15) is 26.3 Å². The first-order valence-electron chi connectivity index (χ1n) is 12.0. The number of carbonyl (C=O) groups is 2. The van der Waals surface area contributed by atoms with E-state index in [-0.39, 0.29) is 35.7 Å². The number of methoxy groups -OCH3 is 1. The van der Waals surface area contributed by atoms with Crippen molar-refractivity contribution >= 4 is 23.3 Å². The molecule has 0 aromatic heterocycles. The molecular formula is C27H24N2O11. The molecule has 0 bridgehead atoms. The van der Waals surface area contributed by atoms with Gasteiger partial charge in [-0.15, -0.1) is 0 Å². The molecule has 1 heterocycles. The summed E-state index contributed by atoms with van der Waals surface area (Å²) in [5, 5.41) is 21.8. The second-order valence-electron chi connectivity index (χ2n) is 8.62. The van der Waals surface area contributed by atoms with Crippen LogP contribution >= 0.6 is 0 Å². The van der Waals surface area contributed by atoms with Crippen LogP contribution < -0.4 is 0 Å². The second-order valence-corrected chi connectivity index (χ2v) is 8.62. The van der Waals surface area contributed by atoms with E-state index in [0.29, 0.717) is 0 Å². The molecule has 0 saturated carbocycles. The van der Waals surface area contributed by atoms with Crippen molar-refractivity contribution in [3.05, 3.63) is 116 Å². The fraction of sp³-hybridized carbons (Fsp3) is 0.259. The Morgan fingerprint density at radius 1 is 0.800 bits per heavy atom. The van der Waals surface area contributed by atoms with Crippen LogP contribution in [0, 0.1) is 20.2 Å². The van der Waals surface area contributed by atoms with E-state index < -0.39 is 46.4 Å². The Bertz CT molecular complexity index is 1350. The predicted molar refractivity (Wildman–Crippen MR) is 136 cm³/mol. The van der Waals surface area contributed by atoms with Crippen molar-refractivity contribution in [1.29, 1.82) is 0 Å². The molecule has 4 unspecified atom stereocenters. The quantitative estimate of drug-likeness (QED) is 0.193. The Hall–Kier alpha value is -4.72. The molecule has 4 atom stereocenters. The van der Waals surface area contributed by atoms with E-state index in [2.05, 4.69) is 0 Å². The average molecular weight is 552 g/mol. The zero-order valence-corrected chi connectivity index (χ0v) is 21.1. The van der Waals surface area contributed by atoms with Gasteiger partial charge < -0.3 is 23.7 Å². The first-order chi connectivity index (χ1) is 19.3. The zero-order valence-electron chi connectivity index (χ0n) is 21.1. The average Bonchev–Trinajstić information content (AvgIpc) is 3.31. The van der Waals surface area contributed by atoms with Crippen molar-refractivity contribution in [3.63, 3.8) is 0 Å². The predicted octanol–water partition coefficient (Wildman–Crippen LogP) is 3.84. The lowest BCUT2D eigenvalue weighted by molar-refractivity contribution is -0.385. The monoisotopic (exact) mass is 552 g/mol. The topological polar surface area (TPSA) is 167 Å².